The average molecular weight is 303 g/mol. The second-order valence-corrected chi connectivity index (χ2v) is 4.84. The van der Waals surface area contributed by atoms with Crippen LogP contribution in [0.5, 0.6) is 11.5 Å². The third-order valence-electron chi connectivity index (χ3n) is 2.72. The Morgan fingerprint density at radius 2 is 2.14 bits per heavy atom. The van der Waals surface area contributed by atoms with Crippen LogP contribution in [0, 0.1) is 17.1 Å². The Kier molecular flexibility index (Phi) is 4.45. The zero-order chi connectivity index (χ0) is 15.4. The van der Waals surface area contributed by atoms with Crippen molar-refractivity contribution < 1.29 is 19.0 Å². The number of hydrogen-bond acceptors (Lipinski definition) is 4. The molecule has 0 radical (unpaired) electrons. The fourth-order valence-electron chi connectivity index (χ4n) is 1.74. The van der Waals surface area contributed by atoms with Crippen LogP contribution in [0.4, 0.5) is 4.39 Å². The molecule has 0 saturated carbocycles. The van der Waals surface area contributed by atoms with Gasteiger partial charge in [-0.3, -0.25) is 0 Å². The summed E-state index contributed by atoms with van der Waals surface area (Å²) in [7, 11) is 0. The number of nitriles is 1. The van der Waals surface area contributed by atoms with Crippen LogP contribution in [-0.2, 0) is 0 Å². The molecule has 106 valence electrons. The van der Waals surface area contributed by atoms with Crippen LogP contribution in [0.25, 0.3) is 0 Å². The van der Waals surface area contributed by atoms with E-state index in [1.54, 1.807) is 18.2 Å². The summed E-state index contributed by atoms with van der Waals surface area (Å²) in [6.07, 6.45) is 1.83. The highest BCUT2D eigenvalue weighted by molar-refractivity contribution is 7.98. The highest BCUT2D eigenvalue weighted by atomic mass is 32.2. The van der Waals surface area contributed by atoms with E-state index in [1.165, 1.54) is 17.8 Å². The van der Waals surface area contributed by atoms with Crippen molar-refractivity contribution in [2.24, 2.45) is 0 Å². The van der Waals surface area contributed by atoms with E-state index in [4.69, 9.17) is 9.84 Å². The lowest BCUT2D eigenvalue weighted by Gasteiger charge is -2.10. The summed E-state index contributed by atoms with van der Waals surface area (Å²) in [6, 6.07) is 10.6. The van der Waals surface area contributed by atoms with Gasteiger partial charge in [-0.15, -0.1) is 11.8 Å². The maximum Gasteiger partial charge on any atom is 0.338 e. The summed E-state index contributed by atoms with van der Waals surface area (Å²) in [5, 5.41) is 18.0. The molecule has 2 rings (SSSR count). The normalized spacial score (nSPS) is 9.95. The minimum absolute atomic E-state index is 0.132. The average Bonchev–Trinajstić information content (AvgIpc) is 2.46. The van der Waals surface area contributed by atoms with E-state index in [0.717, 1.165) is 17.0 Å². The van der Waals surface area contributed by atoms with Crippen molar-refractivity contribution >= 4 is 17.7 Å². The molecule has 21 heavy (non-hydrogen) atoms. The summed E-state index contributed by atoms with van der Waals surface area (Å²) in [5.41, 5.74) is -0.0755. The van der Waals surface area contributed by atoms with Gasteiger partial charge in [-0.05, 0) is 30.5 Å². The topological polar surface area (TPSA) is 70.3 Å². The molecule has 0 unspecified atom stereocenters. The zero-order valence-electron chi connectivity index (χ0n) is 11.0. The number of halogens is 1. The molecule has 6 heteroatoms. The van der Waals surface area contributed by atoms with Crippen LogP contribution in [0.15, 0.2) is 41.3 Å². The minimum Gasteiger partial charge on any atom is -0.478 e. The molecule has 0 atom stereocenters. The van der Waals surface area contributed by atoms with Gasteiger partial charge >= 0.3 is 5.97 Å². The Bertz CT molecular complexity index is 740. The molecule has 0 bridgehead atoms. The number of carboxylic acid groups (broad SMARTS) is 1. The van der Waals surface area contributed by atoms with Crippen molar-refractivity contribution in [3.63, 3.8) is 0 Å². The number of hydrogen-bond donors (Lipinski definition) is 1. The Morgan fingerprint density at radius 3 is 2.71 bits per heavy atom. The molecule has 2 aromatic carbocycles. The molecule has 0 fully saturated rings. The number of benzene rings is 2. The summed E-state index contributed by atoms with van der Waals surface area (Å²) in [6.45, 7) is 0. The Balaban J connectivity index is 2.37. The first-order valence-electron chi connectivity index (χ1n) is 5.84. The largest absolute Gasteiger partial charge is 0.478 e. The Morgan fingerprint density at radius 1 is 1.38 bits per heavy atom. The van der Waals surface area contributed by atoms with Gasteiger partial charge in [-0.25, -0.2) is 9.18 Å². The van der Waals surface area contributed by atoms with E-state index in [2.05, 4.69) is 0 Å². The van der Waals surface area contributed by atoms with Crippen molar-refractivity contribution in [2.75, 3.05) is 6.26 Å². The van der Waals surface area contributed by atoms with Gasteiger partial charge in [0.05, 0.1) is 5.56 Å². The van der Waals surface area contributed by atoms with E-state index in [-0.39, 0.29) is 5.75 Å². The van der Waals surface area contributed by atoms with Crippen molar-refractivity contribution in [1.29, 1.82) is 5.26 Å². The lowest BCUT2D eigenvalue weighted by molar-refractivity contribution is 0.0692. The quantitative estimate of drug-likeness (QED) is 0.867. The zero-order valence-corrected chi connectivity index (χ0v) is 11.8. The monoisotopic (exact) mass is 303 g/mol. The van der Waals surface area contributed by atoms with Crippen molar-refractivity contribution in [3.05, 3.63) is 53.3 Å². The van der Waals surface area contributed by atoms with Crippen molar-refractivity contribution in [3.8, 4) is 17.6 Å². The van der Waals surface area contributed by atoms with Gasteiger partial charge in [0.2, 0.25) is 0 Å². The molecule has 0 aliphatic carbocycles. The van der Waals surface area contributed by atoms with E-state index >= 15 is 0 Å². The maximum absolute atomic E-state index is 13.6. The lowest BCUT2D eigenvalue weighted by atomic mass is 10.2. The van der Waals surface area contributed by atoms with Gasteiger partial charge in [-0.2, -0.15) is 5.26 Å². The predicted molar refractivity (Wildman–Crippen MR) is 76.4 cm³/mol. The van der Waals surface area contributed by atoms with Gasteiger partial charge in [0.15, 0.2) is 0 Å². The third-order valence-corrected chi connectivity index (χ3v) is 3.50. The molecule has 0 amide bonds. The molecular weight excluding hydrogens is 293 g/mol. The van der Waals surface area contributed by atoms with E-state index in [0.29, 0.717) is 11.3 Å². The SMILES string of the molecule is CSc1cccc(Oc2ccc(C(=O)O)c(F)c2)c1C#N. The van der Waals surface area contributed by atoms with Gasteiger partial charge in [0.25, 0.3) is 0 Å². The third kappa shape index (κ3) is 3.15. The fraction of sp³-hybridized carbons (Fsp3) is 0.0667. The van der Waals surface area contributed by atoms with Crippen LogP contribution in [0.2, 0.25) is 0 Å². The van der Waals surface area contributed by atoms with Crippen LogP contribution < -0.4 is 4.74 Å². The molecule has 0 saturated heterocycles. The summed E-state index contributed by atoms with van der Waals surface area (Å²) >= 11 is 1.40. The van der Waals surface area contributed by atoms with E-state index in [1.807, 2.05) is 12.3 Å². The van der Waals surface area contributed by atoms with Crippen LogP contribution in [0.3, 0.4) is 0 Å². The van der Waals surface area contributed by atoms with Crippen LogP contribution in [0.1, 0.15) is 15.9 Å². The van der Waals surface area contributed by atoms with Gasteiger partial charge in [0.1, 0.15) is 28.9 Å². The summed E-state index contributed by atoms with van der Waals surface area (Å²) < 4.78 is 19.1. The standard InChI is InChI=1S/C15H10FNO3S/c1-21-14-4-2-3-13(11(14)8-17)20-9-5-6-10(15(18)19)12(16)7-9/h2-7H,1H3,(H,18,19). The number of aromatic carboxylic acids is 1. The molecule has 0 aliphatic rings. The smallest absolute Gasteiger partial charge is 0.338 e. The predicted octanol–water partition coefficient (Wildman–Crippen LogP) is 3.91. The number of nitrogens with zero attached hydrogens (tertiary/aromatic N) is 1. The van der Waals surface area contributed by atoms with E-state index in [9.17, 15) is 14.4 Å². The molecule has 0 aromatic heterocycles. The number of ether oxygens (including phenoxy) is 1. The van der Waals surface area contributed by atoms with Gasteiger partial charge < -0.3 is 9.84 Å². The second kappa shape index (κ2) is 6.29. The van der Waals surface area contributed by atoms with Crippen molar-refractivity contribution in [2.45, 2.75) is 4.90 Å². The molecule has 1 N–H and O–H groups in total. The number of rotatable bonds is 4. The van der Waals surface area contributed by atoms with Crippen molar-refractivity contribution in [1.82, 2.24) is 0 Å². The molecule has 2 aromatic rings. The van der Waals surface area contributed by atoms with Gasteiger partial charge in [-0.1, -0.05) is 6.07 Å². The van der Waals surface area contributed by atoms with Crippen LogP contribution >= 0.6 is 11.8 Å². The summed E-state index contributed by atoms with van der Waals surface area (Å²) in [4.78, 5) is 11.5. The number of thioether (sulfide) groups is 1. The maximum atomic E-state index is 13.6. The Labute approximate surface area is 124 Å². The van der Waals surface area contributed by atoms with Crippen LogP contribution in [-0.4, -0.2) is 17.3 Å². The minimum atomic E-state index is -1.35. The number of carbonyl (C=O) groups is 1. The second-order valence-electron chi connectivity index (χ2n) is 3.99. The highest BCUT2D eigenvalue weighted by Gasteiger charge is 2.13. The molecular formula is C15H10FNO3S. The lowest BCUT2D eigenvalue weighted by Crippen LogP contribution is -2.00. The number of carboxylic acids is 1. The molecule has 4 nitrogen and oxygen atoms in total. The molecule has 0 spiro atoms. The highest BCUT2D eigenvalue weighted by Crippen LogP contribution is 2.31. The first-order chi connectivity index (χ1) is 10.1. The van der Waals surface area contributed by atoms with Gasteiger partial charge in [0, 0.05) is 11.0 Å². The Hall–Kier alpha value is -2.52. The van der Waals surface area contributed by atoms with E-state index < -0.39 is 17.3 Å². The first kappa shape index (κ1) is 14.9. The fourth-order valence-corrected chi connectivity index (χ4v) is 2.30. The summed E-state index contributed by atoms with van der Waals surface area (Å²) in [5.74, 6) is -1.81. The molecule has 0 aliphatic heterocycles. The molecule has 0 heterocycles. The first-order valence-corrected chi connectivity index (χ1v) is 7.07.